The summed E-state index contributed by atoms with van der Waals surface area (Å²) in [4.78, 5) is -0.169. The monoisotopic (exact) mass is 326 g/mol. The average Bonchev–Trinajstić information content (AvgIpc) is 2.53. The number of rotatable bonds is 3. The molecule has 0 aliphatic heterocycles. The second kappa shape index (κ2) is 5.91. The largest absolute Gasteiger partial charge is 0.294 e. The van der Waals surface area contributed by atoms with Gasteiger partial charge in [0.15, 0.2) is 0 Å². The molecular formula is C17H14N2O3S. The van der Waals surface area contributed by atoms with E-state index in [2.05, 4.69) is 10.2 Å². The number of fused-ring (bicyclic) bond motifs is 1. The Labute approximate surface area is 134 Å². The van der Waals surface area contributed by atoms with E-state index in [1.165, 1.54) is 24.3 Å². The van der Waals surface area contributed by atoms with Gasteiger partial charge in [-0.1, -0.05) is 36.4 Å². The molecule has 1 N–H and O–H groups in total. The third-order valence-electron chi connectivity index (χ3n) is 3.50. The molecule has 0 fully saturated rings. The van der Waals surface area contributed by atoms with Crippen molar-refractivity contribution in [2.75, 3.05) is 0 Å². The number of aryl methyl sites for hydroxylation is 1. The average molecular weight is 326 g/mol. The summed E-state index contributed by atoms with van der Waals surface area (Å²) in [5.41, 5.74) is 2.29. The van der Waals surface area contributed by atoms with Crippen LogP contribution in [0.2, 0.25) is 0 Å². The number of azo groups is 1. The van der Waals surface area contributed by atoms with Crippen molar-refractivity contribution in [3.63, 3.8) is 0 Å². The SMILES string of the molecule is Cc1ccc2ccccc2c1N=Nc1ccc(S(=O)(=O)O)cc1. The van der Waals surface area contributed by atoms with Crippen LogP contribution in [0.15, 0.2) is 75.8 Å². The minimum Gasteiger partial charge on any atom is -0.282 e. The molecule has 6 heteroatoms. The van der Waals surface area contributed by atoms with Gasteiger partial charge in [-0.3, -0.25) is 4.55 Å². The highest BCUT2D eigenvalue weighted by atomic mass is 32.2. The Balaban J connectivity index is 1.99. The predicted molar refractivity (Wildman–Crippen MR) is 89.1 cm³/mol. The van der Waals surface area contributed by atoms with E-state index in [0.717, 1.165) is 22.0 Å². The second-order valence-electron chi connectivity index (χ2n) is 5.12. The van der Waals surface area contributed by atoms with Gasteiger partial charge in [-0.15, -0.1) is 5.11 Å². The molecule has 0 saturated heterocycles. The smallest absolute Gasteiger partial charge is 0.282 e. The molecule has 0 spiro atoms. The minimum atomic E-state index is -4.19. The van der Waals surface area contributed by atoms with Crippen LogP contribution in [-0.2, 0) is 10.1 Å². The molecular weight excluding hydrogens is 312 g/mol. The summed E-state index contributed by atoms with van der Waals surface area (Å²) in [6.45, 7) is 1.96. The predicted octanol–water partition coefficient (Wildman–Crippen LogP) is 4.81. The normalized spacial score (nSPS) is 12.1. The van der Waals surface area contributed by atoms with E-state index in [1.54, 1.807) is 0 Å². The van der Waals surface area contributed by atoms with Crippen molar-refractivity contribution in [2.45, 2.75) is 11.8 Å². The molecule has 0 aromatic heterocycles. The Morgan fingerprint density at radius 1 is 0.870 bits per heavy atom. The highest BCUT2D eigenvalue weighted by Crippen LogP contribution is 2.31. The number of nitrogens with zero attached hydrogens (tertiary/aromatic N) is 2. The van der Waals surface area contributed by atoms with Crippen LogP contribution in [0.1, 0.15) is 5.56 Å². The Bertz CT molecular complexity index is 994. The molecule has 0 unspecified atom stereocenters. The first-order valence-corrected chi connectivity index (χ1v) is 8.37. The van der Waals surface area contributed by atoms with Crippen molar-refractivity contribution >= 4 is 32.3 Å². The van der Waals surface area contributed by atoms with Gasteiger partial charge in [-0.25, -0.2) is 0 Å². The van der Waals surface area contributed by atoms with Gasteiger partial charge in [-0.2, -0.15) is 13.5 Å². The molecule has 3 rings (SSSR count). The number of hydrogen-bond donors (Lipinski definition) is 1. The van der Waals surface area contributed by atoms with Gasteiger partial charge >= 0.3 is 0 Å². The first kappa shape index (κ1) is 15.3. The molecule has 0 bridgehead atoms. The van der Waals surface area contributed by atoms with Crippen LogP contribution >= 0.6 is 0 Å². The highest BCUT2D eigenvalue weighted by Gasteiger charge is 2.08. The zero-order chi connectivity index (χ0) is 16.4. The highest BCUT2D eigenvalue weighted by molar-refractivity contribution is 7.85. The zero-order valence-electron chi connectivity index (χ0n) is 12.3. The maximum atomic E-state index is 11.0. The van der Waals surface area contributed by atoms with Crippen LogP contribution in [0.3, 0.4) is 0 Å². The summed E-state index contributed by atoms with van der Waals surface area (Å²) in [7, 11) is -4.19. The minimum absolute atomic E-state index is 0.169. The molecule has 0 amide bonds. The molecule has 0 aliphatic rings. The van der Waals surface area contributed by atoms with Gasteiger partial charge in [0.1, 0.15) is 0 Å². The van der Waals surface area contributed by atoms with Crippen molar-refractivity contribution in [2.24, 2.45) is 10.2 Å². The van der Waals surface area contributed by atoms with Crippen molar-refractivity contribution in [1.29, 1.82) is 0 Å². The number of benzene rings is 3. The van der Waals surface area contributed by atoms with Crippen LogP contribution in [0, 0.1) is 6.92 Å². The lowest BCUT2D eigenvalue weighted by Gasteiger charge is -2.04. The van der Waals surface area contributed by atoms with E-state index in [1.807, 2.05) is 43.3 Å². The van der Waals surface area contributed by atoms with Crippen molar-refractivity contribution in [1.82, 2.24) is 0 Å². The second-order valence-corrected chi connectivity index (χ2v) is 6.54. The summed E-state index contributed by atoms with van der Waals surface area (Å²) in [5, 5.41) is 10.6. The van der Waals surface area contributed by atoms with Crippen molar-refractivity contribution < 1.29 is 13.0 Å². The van der Waals surface area contributed by atoms with Crippen molar-refractivity contribution in [3.05, 3.63) is 66.2 Å². The summed E-state index contributed by atoms with van der Waals surface area (Å²) in [6.07, 6.45) is 0. The Kier molecular flexibility index (Phi) is 3.94. The molecule has 0 aliphatic carbocycles. The third-order valence-corrected chi connectivity index (χ3v) is 4.37. The molecule has 3 aromatic carbocycles. The Hall–Kier alpha value is -2.57. The van der Waals surface area contributed by atoms with Gasteiger partial charge in [0, 0.05) is 5.39 Å². The van der Waals surface area contributed by atoms with Crippen LogP contribution < -0.4 is 0 Å². The molecule has 0 saturated carbocycles. The van der Waals surface area contributed by atoms with E-state index in [-0.39, 0.29) is 4.90 Å². The van der Waals surface area contributed by atoms with Crippen LogP contribution in [-0.4, -0.2) is 13.0 Å². The van der Waals surface area contributed by atoms with Gasteiger partial charge in [0.25, 0.3) is 10.1 Å². The fourth-order valence-corrected chi connectivity index (χ4v) is 2.77. The molecule has 0 heterocycles. The topological polar surface area (TPSA) is 79.1 Å². The maximum Gasteiger partial charge on any atom is 0.294 e. The van der Waals surface area contributed by atoms with Gasteiger partial charge in [0.05, 0.1) is 16.3 Å². The van der Waals surface area contributed by atoms with E-state index < -0.39 is 10.1 Å². The molecule has 23 heavy (non-hydrogen) atoms. The molecule has 0 atom stereocenters. The van der Waals surface area contributed by atoms with Crippen LogP contribution in [0.4, 0.5) is 11.4 Å². The first-order valence-electron chi connectivity index (χ1n) is 6.93. The number of hydrogen-bond acceptors (Lipinski definition) is 4. The summed E-state index contributed by atoms with van der Waals surface area (Å²) in [5.74, 6) is 0. The Morgan fingerprint density at radius 2 is 1.57 bits per heavy atom. The fourth-order valence-electron chi connectivity index (χ4n) is 2.29. The lowest BCUT2D eigenvalue weighted by atomic mass is 10.1. The summed E-state index contributed by atoms with van der Waals surface area (Å²) in [6, 6.07) is 17.5. The maximum absolute atomic E-state index is 11.0. The van der Waals surface area contributed by atoms with Crippen LogP contribution in [0.25, 0.3) is 10.8 Å². The lowest BCUT2D eigenvalue weighted by molar-refractivity contribution is 0.483. The standard InChI is InChI=1S/C17H14N2O3S/c1-12-6-7-13-4-2-3-5-16(13)17(12)19-18-14-8-10-15(11-9-14)23(20,21)22/h2-11H,1H3,(H,20,21,22). The third kappa shape index (κ3) is 3.28. The van der Waals surface area contributed by atoms with Gasteiger partial charge in [0.2, 0.25) is 0 Å². The lowest BCUT2D eigenvalue weighted by Crippen LogP contribution is -1.96. The summed E-state index contributed by atoms with van der Waals surface area (Å²) >= 11 is 0. The van der Waals surface area contributed by atoms with Crippen LogP contribution in [0.5, 0.6) is 0 Å². The quantitative estimate of drug-likeness (QED) is 0.554. The Morgan fingerprint density at radius 3 is 2.26 bits per heavy atom. The fraction of sp³-hybridized carbons (Fsp3) is 0.0588. The van der Waals surface area contributed by atoms with Gasteiger partial charge < -0.3 is 0 Å². The zero-order valence-corrected chi connectivity index (χ0v) is 13.2. The molecule has 3 aromatic rings. The summed E-state index contributed by atoms with van der Waals surface area (Å²) < 4.78 is 31.0. The van der Waals surface area contributed by atoms with E-state index in [4.69, 9.17) is 4.55 Å². The van der Waals surface area contributed by atoms with Gasteiger partial charge in [-0.05, 0) is 42.1 Å². The molecule has 116 valence electrons. The first-order chi connectivity index (χ1) is 10.9. The molecule has 5 nitrogen and oxygen atoms in total. The van der Waals surface area contributed by atoms with Crippen molar-refractivity contribution in [3.8, 4) is 0 Å². The molecule has 0 radical (unpaired) electrons. The van der Waals surface area contributed by atoms with E-state index >= 15 is 0 Å². The van der Waals surface area contributed by atoms with E-state index in [9.17, 15) is 8.42 Å². The van der Waals surface area contributed by atoms with E-state index in [0.29, 0.717) is 5.69 Å².